The van der Waals surface area contributed by atoms with E-state index < -0.39 is 5.97 Å². The Hall–Kier alpha value is -2.82. The number of hydrogen-bond donors (Lipinski definition) is 1. The molecular weight excluding hydrogens is 515 g/mol. The zero-order valence-corrected chi connectivity index (χ0v) is 19.8. The van der Waals surface area contributed by atoms with Gasteiger partial charge in [-0.1, -0.05) is 6.92 Å². The lowest BCUT2D eigenvalue weighted by Gasteiger charge is -2.14. The van der Waals surface area contributed by atoms with Crippen LogP contribution < -0.4 is 19.6 Å². The molecule has 0 bridgehead atoms. The van der Waals surface area contributed by atoms with Crippen LogP contribution in [-0.4, -0.2) is 45.0 Å². The number of esters is 1. The largest absolute Gasteiger partial charge is 0.494 e. The minimum atomic E-state index is -0.489. The highest BCUT2D eigenvalue weighted by molar-refractivity contribution is 14.1. The van der Waals surface area contributed by atoms with Crippen molar-refractivity contribution >= 4 is 40.7 Å². The molecule has 166 valence electrons. The number of hydrazone groups is 1. The zero-order valence-electron chi connectivity index (χ0n) is 17.6. The van der Waals surface area contributed by atoms with E-state index >= 15 is 0 Å². The summed E-state index contributed by atoms with van der Waals surface area (Å²) in [5.41, 5.74) is 3.66. The predicted octanol–water partition coefficient (Wildman–Crippen LogP) is 3.79. The summed E-state index contributed by atoms with van der Waals surface area (Å²) >= 11 is 2.08. The SMILES string of the molecule is CCCOc1ccc(C(=O)N/N=C/c2cc(I)c(OCC(=O)OC)c(OCC)c2)cc1. The first-order valence-electron chi connectivity index (χ1n) is 9.70. The molecule has 0 spiro atoms. The van der Waals surface area contributed by atoms with E-state index in [2.05, 4.69) is 37.9 Å². The van der Waals surface area contributed by atoms with E-state index in [-0.39, 0.29) is 12.5 Å². The van der Waals surface area contributed by atoms with Gasteiger partial charge in [-0.3, -0.25) is 4.79 Å². The second kappa shape index (κ2) is 12.8. The van der Waals surface area contributed by atoms with E-state index in [1.165, 1.54) is 13.3 Å². The monoisotopic (exact) mass is 540 g/mol. The van der Waals surface area contributed by atoms with Crippen LogP contribution in [0.1, 0.15) is 36.2 Å². The van der Waals surface area contributed by atoms with Gasteiger partial charge in [0.15, 0.2) is 18.1 Å². The lowest BCUT2D eigenvalue weighted by molar-refractivity contribution is -0.142. The molecule has 0 heterocycles. The highest BCUT2D eigenvalue weighted by atomic mass is 127. The van der Waals surface area contributed by atoms with Crippen LogP contribution in [-0.2, 0) is 9.53 Å². The van der Waals surface area contributed by atoms with Crippen molar-refractivity contribution in [3.8, 4) is 17.2 Å². The fourth-order valence-electron chi connectivity index (χ4n) is 2.41. The third-order valence-electron chi connectivity index (χ3n) is 3.86. The van der Waals surface area contributed by atoms with Crippen molar-refractivity contribution in [3.05, 3.63) is 51.1 Å². The lowest BCUT2D eigenvalue weighted by atomic mass is 10.2. The average molecular weight is 540 g/mol. The number of halogens is 1. The summed E-state index contributed by atoms with van der Waals surface area (Å²) in [5, 5.41) is 4.02. The maximum Gasteiger partial charge on any atom is 0.343 e. The Morgan fingerprint density at radius 2 is 1.84 bits per heavy atom. The average Bonchev–Trinajstić information content (AvgIpc) is 2.77. The van der Waals surface area contributed by atoms with Crippen LogP contribution in [0, 0.1) is 3.57 Å². The van der Waals surface area contributed by atoms with Crippen molar-refractivity contribution in [1.82, 2.24) is 5.43 Å². The first-order valence-corrected chi connectivity index (χ1v) is 10.8. The summed E-state index contributed by atoms with van der Waals surface area (Å²) in [6.07, 6.45) is 2.42. The van der Waals surface area contributed by atoms with Crippen LogP contribution in [0.5, 0.6) is 17.2 Å². The summed E-state index contributed by atoms with van der Waals surface area (Å²) in [6, 6.07) is 10.4. The first kappa shape index (κ1) is 24.4. The topological polar surface area (TPSA) is 95.5 Å². The van der Waals surface area contributed by atoms with Crippen LogP contribution in [0.15, 0.2) is 41.5 Å². The van der Waals surface area contributed by atoms with Gasteiger partial charge in [0.05, 0.1) is 30.1 Å². The minimum absolute atomic E-state index is 0.224. The molecule has 0 atom stereocenters. The molecule has 2 rings (SSSR count). The van der Waals surface area contributed by atoms with Gasteiger partial charge in [0.25, 0.3) is 5.91 Å². The number of benzene rings is 2. The van der Waals surface area contributed by atoms with E-state index in [9.17, 15) is 9.59 Å². The second-order valence-electron chi connectivity index (χ2n) is 6.20. The maximum atomic E-state index is 12.3. The summed E-state index contributed by atoms with van der Waals surface area (Å²) in [5.74, 6) is 0.801. The fraction of sp³-hybridized carbons (Fsp3) is 0.318. The van der Waals surface area contributed by atoms with Gasteiger partial charge < -0.3 is 18.9 Å². The second-order valence-corrected chi connectivity index (χ2v) is 7.36. The van der Waals surface area contributed by atoms with Crippen molar-refractivity contribution in [2.75, 3.05) is 26.9 Å². The van der Waals surface area contributed by atoms with Crippen molar-refractivity contribution in [3.63, 3.8) is 0 Å². The molecule has 0 saturated carbocycles. The molecule has 2 aromatic rings. The molecule has 0 saturated heterocycles. The smallest absolute Gasteiger partial charge is 0.343 e. The number of carbonyl (C=O) groups is 2. The number of rotatable bonds is 11. The van der Waals surface area contributed by atoms with Gasteiger partial charge in [-0.15, -0.1) is 0 Å². The molecule has 8 nitrogen and oxygen atoms in total. The van der Waals surface area contributed by atoms with Crippen molar-refractivity contribution in [1.29, 1.82) is 0 Å². The Balaban J connectivity index is 2.05. The zero-order chi connectivity index (χ0) is 22.6. The molecule has 0 radical (unpaired) electrons. The number of ether oxygens (including phenoxy) is 4. The van der Waals surface area contributed by atoms with Crippen LogP contribution in [0.3, 0.4) is 0 Å². The third-order valence-corrected chi connectivity index (χ3v) is 4.66. The third kappa shape index (κ3) is 7.74. The summed E-state index contributed by atoms with van der Waals surface area (Å²) in [7, 11) is 1.29. The van der Waals surface area contributed by atoms with E-state index in [1.807, 2.05) is 13.8 Å². The van der Waals surface area contributed by atoms with E-state index in [0.29, 0.717) is 35.8 Å². The highest BCUT2D eigenvalue weighted by Crippen LogP contribution is 2.34. The molecule has 0 aromatic heterocycles. The highest BCUT2D eigenvalue weighted by Gasteiger charge is 2.14. The summed E-state index contributed by atoms with van der Waals surface area (Å²) < 4.78 is 22.0. The normalized spacial score (nSPS) is 10.6. The van der Waals surface area contributed by atoms with Crippen molar-refractivity contribution in [2.45, 2.75) is 20.3 Å². The van der Waals surface area contributed by atoms with Gasteiger partial charge in [-0.25, -0.2) is 10.2 Å². The number of nitrogens with one attached hydrogen (secondary N) is 1. The van der Waals surface area contributed by atoms with Crippen LogP contribution >= 0.6 is 22.6 Å². The van der Waals surface area contributed by atoms with Gasteiger partial charge >= 0.3 is 5.97 Å². The Morgan fingerprint density at radius 1 is 1.10 bits per heavy atom. The number of carbonyl (C=O) groups excluding carboxylic acids is 2. The van der Waals surface area contributed by atoms with Gasteiger partial charge in [-0.05, 0) is 77.9 Å². The van der Waals surface area contributed by atoms with E-state index in [4.69, 9.17) is 14.2 Å². The van der Waals surface area contributed by atoms with Crippen molar-refractivity contribution < 1.29 is 28.5 Å². The molecule has 1 N–H and O–H groups in total. The molecule has 0 unspecified atom stereocenters. The molecule has 0 aliphatic heterocycles. The molecule has 1 amide bonds. The van der Waals surface area contributed by atoms with Gasteiger partial charge in [0, 0.05) is 5.56 Å². The molecule has 0 fully saturated rings. The summed E-state index contributed by atoms with van der Waals surface area (Å²) in [6.45, 7) is 4.70. The van der Waals surface area contributed by atoms with Gasteiger partial charge in [0.1, 0.15) is 5.75 Å². The molecule has 0 aliphatic carbocycles. The van der Waals surface area contributed by atoms with Gasteiger partial charge in [-0.2, -0.15) is 5.10 Å². The number of methoxy groups -OCH3 is 1. The van der Waals surface area contributed by atoms with Crippen LogP contribution in [0.2, 0.25) is 0 Å². The Morgan fingerprint density at radius 3 is 2.48 bits per heavy atom. The van der Waals surface area contributed by atoms with Crippen LogP contribution in [0.25, 0.3) is 0 Å². The maximum absolute atomic E-state index is 12.3. The summed E-state index contributed by atoms with van der Waals surface area (Å²) in [4.78, 5) is 23.6. The Labute approximate surface area is 195 Å². The van der Waals surface area contributed by atoms with E-state index in [0.717, 1.165) is 15.7 Å². The molecule has 0 aliphatic rings. The van der Waals surface area contributed by atoms with Crippen molar-refractivity contribution in [2.24, 2.45) is 5.10 Å². The lowest BCUT2D eigenvalue weighted by Crippen LogP contribution is -2.17. The number of amides is 1. The van der Waals surface area contributed by atoms with Crippen LogP contribution in [0.4, 0.5) is 0 Å². The Kier molecular flexibility index (Phi) is 10.1. The van der Waals surface area contributed by atoms with Gasteiger partial charge in [0.2, 0.25) is 0 Å². The minimum Gasteiger partial charge on any atom is -0.494 e. The fourth-order valence-corrected chi connectivity index (χ4v) is 3.19. The number of hydrogen-bond acceptors (Lipinski definition) is 7. The first-order chi connectivity index (χ1) is 15.0. The molecule has 31 heavy (non-hydrogen) atoms. The van der Waals surface area contributed by atoms with E-state index in [1.54, 1.807) is 36.4 Å². The standard InChI is InChI=1S/C22H25IN2O6/c1-4-10-30-17-8-6-16(7-9-17)22(27)25-24-13-15-11-18(23)21(19(12-15)29-5-2)31-14-20(26)28-3/h6-9,11-13H,4-5,10,14H2,1-3H3,(H,25,27)/b24-13+. The predicted molar refractivity (Wildman–Crippen MR) is 125 cm³/mol. The molecule has 2 aromatic carbocycles. The molecule has 9 heteroatoms. The quantitative estimate of drug-likeness (QED) is 0.202. The Bertz CT molecular complexity index is 915. The number of nitrogens with zero attached hydrogens (tertiary/aromatic N) is 1. The molecular formula is C22H25IN2O6.